The minimum Gasteiger partial charge on any atom is -0.488 e. The Bertz CT molecular complexity index is 3180. The van der Waals surface area contributed by atoms with Gasteiger partial charge in [0.15, 0.2) is 11.4 Å². The molecule has 2 heterocycles. The lowest BCUT2D eigenvalue weighted by atomic mass is 10.0. The molecule has 8 rings (SSSR count). The second-order valence-electron chi connectivity index (χ2n) is 13.6. The second kappa shape index (κ2) is 20.2. The summed E-state index contributed by atoms with van der Waals surface area (Å²) in [6, 6.07) is 52.3. The van der Waals surface area contributed by atoms with Crippen molar-refractivity contribution in [1.82, 2.24) is 9.97 Å². The molecule has 0 spiro atoms. The Morgan fingerprint density at radius 2 is 1.11 bits per heavy atom. The van der Waals surface area contributed by atoms with Gasteiger partial charge in [0.2, 0.25) is 0 Å². The Morgan fingerprint density at radius 1 is 0.571 bits per heavy atom. The van der Waals surface area contributed by atoms with Crippen LogP contribution in [0, 0.1) is 46.3 Å². The summed E-state index contributed by atoms with van der Waals surface area (Å²) >= 11 is 0. The lowest BCUT2D eigenvalue weighted by molar-refractivity contribution is 0.0593. The van der Waals surface area contributed by atoms with Crippen molar-refractivity contribution in [2.75, 3.05) is 7.11 Å². The summed E-state index contributed by atoms with van der Waals surface area (Å²) in [7, 11) is 1.28. The molecule has 6 aromatic carbocycles. The van der Waals surface area contributed by atoms with Crippen LogP contribution in [0.1, 0.15) is 65.5 Å². The van der Waals surface area contributed by atoms with Gasteiger partial charge in [-0.2, -0.15) is 10.5 Å². The van der Waals surface area contributed by atoms with E-state index in [2.05, 4.69) is 45.8 Å². The van der Waals surface area contributed by atoms with E-state index in [0.717, 1.165) is 22.3 Å². The van der Waals surface area contributed by atoms with Crippen LogP contribution in [-0.2, 0) is 18.0 Å². The Balaban J connectivity index is 0.000000189. The summed E-state index contributed by atoms with van der Waals surface area (Å²) in [5.41, 5.74) is 5.35. The van der Waals surface area contributed by atoms with Crippen LogP contribution in [0.5, 0.6) is 11.5 Å². The van der Waals surface area contributed by atoms with E-state index in [1.807, 2.05) is 127 Å². The first kappa shape index (κ1) is 41.9. The van der Waals surface area contributed by atoms with Crippen LogP contribution in [-0.4, -0.2) is 34.1 Å². The van der Waals surface area contributed by atoms with Gasteiger partial charge in [-0.15, -0.1) is 0 Å². The molecule has 0 unspecified atom stereocenters. The van der Waals surface area contributed by atoms with Gasteiger partial charge in [0.1, 0.15) is 42.4 Å². The summed E-state index contributed by atoms with van der Waals surface area (Å²) < 4.78 is 17.0. The van der Waals surface area contributed by atoms with Crippen LogP contribution in [0.25, 0.3) is 21.8 Å². The van der Waals surface area contributed by atoms with Crippen molar-refractivity contribution in [2.45, 2.75) is 13.2 Å². The Kier molecular flexibility index (Phi) is 13.4. The molecule has 0 aliphatic heterocycles. The summed E-state index contributed by atoms with van der Waals surface area (Å²) in [5.74, 6) is 11.0. The van der Waals surface area contributed by atoms with E-state index in [1.54, 1.807) is 24.3 Å². The highest BCUT2D eigenvalue weighted by Gasteiger charge is 2.22. The number of pyridine rings is 2. The third-order valence-corrected chi connectivity index (χ3v) is 9.38. The number of esters is 1. The van der Waals surface area contributed by atoms with Crippen LogP contribution in [0.2, 0.25) is 0 Å². The van der Waals surface area contributed by atoms with Gasteiger partial charge in [-0.1, -0.05) is 127 Å². The molecule has 0 amide bonds. The topological polar surface area (TPSA) is 155 Å². The summed E-state index contributed by atoms with van der Waals surface area (Å²) in [6.45, 7) is 0.512. The molecule has 0 saturated carbocycles. The number of carboxylic acids is 1. The summed E-state index contributed by atoms with van der Waals surface area (Å²) in [5, 5.41) is 30.2. The molecule has 0 fully saturated rings. The van der Waals surface area contributed by atoms with E-state index in [9.17, 15) is 25.2 Å². The first-order valence-electron chi connectivity index (χ1n) is 19.4. The van der Waals surface area contributed by atoms with Gasteiger partial charge in [0.05, 0.1) is 29.3 Å². The number of methoxy groups -OCH3 is 1. The number of hydrogen-bond donors (Lipinski definition) is 1. The maximum Gasteiger partial charge on any atom is 0.356 e. The number of hydrogen-bond acceptors (Lipinski definition) is 9. The van der Waals surface area contributed by atoms with E-state index in [1.165, 1.54) is 13.2 Å². The number of fused-ring (bicyclic) bond motifs is 2. The average Bonchev–Trinajstić information content (AvgIpc) is 3.34. The molecular formula is C53H34N4O6. The van der Waals surface area contributed by atoms with Crippen LogP contribution < -0.4 is 9.47 Å². The van der Waals surface area contributed by atoms with Gasteiger partial charge < -0.3 is 19.3 Å². The van der Waals surface area contributed by atoms with E-state index in [4.69, 9.17) is 14.2 Å². The number of nitrogens with zero attached hydrogens (tertiary/aromatic N) is 4. The van der Waals surface area contributed by atoms with Gasteiger partial charge in [-0.05, 0) is 59.7 Å². The molecule has 63 heavy (non-hydrogen) atoms. The smallest absolute Gasteiger partial charge is 0.356 e. The number of para-hydroxylation sites is 1. The fourth-order valence-corrected chi connectivity index (χ4v) is 6.34. The number of aromatic carboxylic acids is 1. The lowest BCUT2D eigenvalue weighted by Gasteiger charge is -2.14. The third-order valence-electron chi connectivity index (χ3n) is 9.38. The van der Waals surface area contributed by atoms with E-state index in [0.29, 0.717) is 45.5 Å². The van der Waals surface area contributed by atoms with Gasteiger partial charge in [-0.25, -0.2) is 19.6 Å². The highest BCUT2D eigenvalue weighted by atomic mass is 16.5. The molecule has 0 radical (unpaired) electrons. The minimum absolute atomic E-state index is 0.0719. The fourth-order valence-electron chi connectivity index (χ4n) is 6.34. The first-order valence-corrected chi connectivity index (χ1v) is 19.4. The maximum atomic E-state index is 12.2. The molecule has 1 N–H and O–H groups in total. The molecule has 0 bridgehead atoms. The predicted molar refractivity (Wildman–Crippen MR) is 238 cm³/mol. The molecule has 2 aromatic heterocycles. The SMILES string of the molecule is COC(=O)c1cc(OCc2ccccc2)c2cc(C#Cc3ccccc3)cc(C#N)c2n1.N#Cc1cccc2c(OCc3ccccc3)c(C#Cc3ccccc3)c(C(=O)O)nc12. The van der Waals surface area contributed by atoms with Crippen LogP contribution >= 0.6 is 0 Å². The maximum absolute atomic E-state index is 12.2. The molecule has 0 atom stereocenters. The van der Waals surface area contributed by atoms with Gasteiger partial charge in [0, 0.05) is 33.5 Å². The van der Waals surface area contributed by atoms with E-state index < -0.39 is 11.9 Å². The van der Waals surface area contributed by atoms with Crippen LogP contribution in [0.4, 0.5) is 0 Å². The quantitative estimate of drug-likeness (QED) is 0.116. The summed E-state index contributed by atoms with van der Waals surface area (Å²) in [6.07, 6.45) is 0. The number of benzene rings is 6. The number of carbonyl (C=O) groups excluding carboxylic acids is 1. The number of aromatic nitrogens is 2. The molecule has 302 valence electrons. The first-order chi connectivity index (χ1) is 30.8. The molecule has 8 aromatic rings. The highest BCUT2D eigenvalue weighted by Crippen LogP contribution is 2.34. The number of rotatable bonds is 8. The Morgan fingerprint density at radius 3 is 1.68 bits per heavy atom. The zero-order chi connectivity index (χ0) is 44.0. The highest BCUT2D eigenvalue weighted by molar-refractivity contribution is 5.99. The van der Waals surface area contributed by atoms with Crippen molar-refractivity contribution in [1.29, 1.82) is 10.5 Å². The molecule has 0 saturated heterocycles. The zero-order valence-corrected chi connectivity index (χ0v) is 33.7. The van der Waals surface area contributed by atoms with E-state index >= 15 is 0 Å². The second-order valence-corrected chi connectivity index (χ2v) is 13.6. The minimum atomic E-state index is -1.24. The lowest BCUT2D eigenvalue weighted by Crippen LogP contribution is -2.09. The van der Waals surface area contributed by atoms with Gasteiger partial charge in [0.25, 0.3) is 0 Å². The van der Waals surface area contributed by atoms with Gasteiger partial charge >= 0.3 is 11.9 Å². The largest absolute Gasteiger partial charge is 0.488 e. The van der Waals surface area contributed by atoms with Crippen molar-refractivity contribution in [3.8, 4) is 47.3 Å². The molecule has 10 heteroatoms. The van der Waals surface area contributed by atoms with Gasteiger partial charge in [-0.3, -0.25) is 0 Å². The predicted octanol–water partition coefficient (Wildman–Crippen LogP) is 9.66. The summed E-state index contributed by atoms with van der Waals surface area (Å²) in [4.78, 5) is 32.8. The van der Waals surface area contributed by atoms with Crippen molar-refractivity contribution < 1.29 is 28.9 Å². The normalized spacial score (nSPS) is 10.0. The van der Waals surface area contributed by atoms with Crippen molar-refractivity contribution >= 4 is 33.7 Å². The monoisotopic (exact) mass is 822 g/mol. The fraction of sp³-hybridized carbons (Fsp3) is 0.0566. The zero-order valence-electron chi connectivity index (χ0n) is 33.7. The molecular weight excluding hydrogens is 789 g/mol. The number of ether oxygens (including phenoxy) is 3. The number of carbonyl (C=O) groups is 2. The standard InChI is InChI=1S/C27H18N2O3.C26H16N2O3/c1-31-27(30)24-16-25(32-18-20-10-6-3-7-11-20)23-15-21(14-22(17-28)26(23)29-24)13-12-19-8-4-2-5-9-19;27-16-20-12-7-13-21-23(20)28-24(26(29)30)22(15-14-18-8-3-1-4-9-18)25(21)31-17-19-10-5-2-6-11-19/h2-11,14-16H,18H2,1H3;1-13H,17H2,(H,29,30). The van der Waals surface area contributed by atoms with E-state index in [-0.39, 0.29) is 34.6 Å². The Hall–Kier alpha value is -9.22. The molecule has 0 aliphatic rings. The average molecular weight is 823 g/mol. The number of carboxylic acid groups (broad SMARTS) is 1. The third kappa shape index (κ3) is 10.3. The van der Waals surface area contributed by atoms with Crippen LogP contribution in [0.3, 0.4) is 0 Å². The van der Waals surface area contributed by atoms with Crippen molar-refractivity contribution in [2.24, 2.45) is 0 Å². The molecule has 10 nitrogen and oxygen atoms in total. The van der Waals surface area contributed by atoms with Crippen LogP contribution in [0.15, 0.2) is 158 Å². The molecule has 0 aliphatic carbocycles. The van der Waals surface area contributed by atoms with Crippen molar-refractivity contribution in [3.05, 3.63) is 214 Å². The Labute approximate surface area is 363 Å². The number of nitriles is 2. The van der Waals surface area contributed by atoms with Crippen molar-refractivity contribution in [3.63, 3.8) is 0 Å².